The molecule has 0 saturated heterocycles. The second-order valence-electron chi connectivity index (χ2n) is 4.51. The summed E-state index contributed by atoms with van der Waals surface area (Å²) in [6, 6.07) is 2.77. The Morgan fingerprint density at radius 1 is 1.33 bits per heavy atom. The average molecular weight is 291 g/mol. The van der Waals surface area contributed by atoms with Gasteiger partial charge >= 0.3 is 0 Å². The first-order valence-electron chi connectivity index (χ1n) is 5.68. The van der Waals surface area contributed by atoms with Crippen LogP contribution < -0.4 is 11.1 Å². The van der Waals surface area contributed by atoms with E-state index in [9.17, 15) is 9.18 Å². The SMILES string of the molecule is NC1CCC(C(=O)Nc2cc(Cl)c(F)c(Cl)c2)C1. The molecule has 2 rings (SSSR count). The Morgan fingerprint density at radius 2 is 1.94 bits per heavy atom. The molecule has 0 heterocycles. The zero-order valence-electron chi connectivity index (χ0n) is 9.55. The van der Waals surface area contributed by atoms with Gasteiger partial charge in [0, 0.05) is 17.6 Å². The van der Waals surface area contributed by atoms with Crippen LogP contribution in [0.25, 0.3) is 0 Å². The van der Waals surface area contributed by atoms with Crippen molar-refractivity contribution in [3.8, 4) is 0 Å². The van der Waals surface area contributed by atoms with Gasteiger partial charge in [0.05, 0.1) is 10.0 Å². The maximum absolute atomic E-state index is 13.2. The Kier molecular flexibility index (Phi) is 4.10. The summed E-state index contributed by atoms with van der Waals surface area (Å²) in [6.45, 7) is 0. The van der Waals surface area contributed by atoms with E-state index in [1.54, 1.807) is 0 Å². The Balaban J connectivity index is 2.07. The van der Waals surface area contributed by atoms with Crippen LogP contribution in [0, 0.1) is 11.7 Å². The third kappa shape index (κ3) is 2.94. The largest absolute Gasteiger partial charge is 0.328 e. The van der Waals surface area contributed by atoms with Gasteiger partial charge in [0.15, 0.2) is 5.82 Å². The summed E-state index contributed by atoms with van der Waals surface area (Å²) in [4.78, 5) is 11.9. The number of carbonyl (C=O) groups is 1. The first-order valence-corrected chi connectivity index (χ1v) is 6.44. The Labute approximate surface area is 114 Å². The maximum Gasteiger partial charge on any atom is 0.227 e. The molecule has 1 aliphatic rings. The molecular formula is C12H13Cl2FN2O. The van der Waals surface area contributed by atoms with Crippen LogP contribution >= 0.6 is 23.2 Å². The summed E-state index contributed by atoms with van der Waals surface area (Å²) in [6.07, 6.45) is 2.30. The van der Waals surface area contributed by atoms with Crippen molar-refractivity contribution in [1.29, 1.82) is 0 Å². The van der Waals surface area contributed by atoms with E-state index in [0.29, 0.717) is 12.1 Å². The average Bonchev–Trinajstić information content (AvgIpc) is 2.72. The van der Waals surface area contributed by atoms with Crippen LogP contribution in [0.1, 0.15) is 19.3 Å². The highest BCUT2D eigenvalue weighted by atomic mass is 35.5. The van der Waals surface area contributed by atoms with Gasteiger partial charge < -0.3 is 11.1 Å². The van der Waals surface area contributed by atoms with Gasteiger partial charge in [0.2, 0.25) is 5.91 Å². The predicted molar refractivity (Wildman–Crippen MR) is 70.4 cm³/mol. The van der Waals surface area contributed by atoms with Crippen molar-refractivity contribution >= 4 is 34.8 Å². The van der Waals surface area contributed by atoms with Gasteiger partial charge in [0.1, 0.15) is 0 Å². The molecule has 0 bridgehead atoms. The number of hydrogen-bond donors (Lipinski definition) is 2. The lowest BCUT2D eigenvalue weighted by Gasteiger charge is -2.11. The molecule has 1 amide bonds. The molecule has 0 spiro atoms. The lowest BCUT2D eigenvalue weighted by Crippen LogP contribution is -2.23. The van der Waals surface area contributed by atoms with Crippen LogP contribution in [-0.2, 0) is 4.79 Å². The number of nitrogens with one attached hydrogen (secondary N) is 1. The highest BCUT2D eigenvalue weighted by molar-refractivity contribution is 6.35. The van der Waals surface area contributed by atoms with E-state index in [4.69, 9.17) is 28.9 Å². The number of nitrogens with two attached hydrogens (primary N) is 1. The first kappa shape index (κ1) is 13.6. The third-order valence-electron chi connectivity index (χ3n) is 3.10. The Bertz CT molecular complexity index is 458. The summed E-state index contributed by atoms with van der Waals surface area (Å²) in [5, 5.41) is 2.46. The maximum atomic E-state index is 13.2. The zero-order chi connectivity index (χ0) is 13.3. The predicted octanol–water partition coefficient (Wildman–Crippen LogP) is 3.20. The van der Waals surface area contributed by atoms with Crippen molar-refractivity contribution in [2.24, 2.45) is 11.7 Å². The second kappa shape index (κ2) is 5.43. The molecule has 3 N–H and O–H groups in total. The molecule has 18 heavy (non-hydrogen) atoms. The lowest BCUT2D eigenvalue weighted by molar-refractivity contribution is -0.119. The van der Waals surface area contributed by atoms with Gasteiger partial charge in [-0.25, -0.2) is 4.39 Å². The first-order chi connectivity index (χ1) is 8.47. The van der Waals surface area contributed by atoms with E-state index in [2.05, 4.69) is 5.32 Å². The van der Waals surface area contributed by atoms with Crippen molar-refractivity contribution in [3.05, 3.63) is 28.0 Å². The minimum Gasteiger partial charge on any atom is -0.328 e. The van der Waals surface area contributed by atoms with Crippen LogP contribution in [0.15, 0.2) is 12.1 Å². The minimum atomic E-state index is -0.681. The van der Waals surface area contributed by atoms with E-state index in [1.807, 2.05) is 0 Å². The molecule has 0 aliphatic heterocycles. The number of halogens is 3. The molecule has 0 radical (unpaired) electrons. The molecule has 1 aliphatic carbocycles. The summed E-state index contributed by atoms with van der Waals surface area (Å²) >= 11 is 11.3. The Morgan fingerprint density at radius 3 is 2.44 bits per heavy atom. The smallest absolute Gasteiger partial charge is 0.227 e. The molecule has 2 unspecified atom stereocenters. The van der Waals surface area contributed by atoms with Gasteiger partial charge in [0.25, 0.3) is 0 Å². The summed E-state index contributed by atoms with van der Waals surface area (Å²) in [7, 11) is 0. The topological polar surface area (TPSA) is 55.1 Å². The van der Waals surface area contributed by atoms with Gasteiger partial charge in [-0.05, 0) is 31.4 Å². The van der Waals surface area contributed by atoms with Crippen molar-refractivity contribution in [2.45, 2.75) is 25.3 Å². The fourth-order valence-corrected chi connectivity index (χ4v) is 2.61. The van der Waals surface area contributed by atoms with E-state index < -0.39 is 5.82 Å². The normalized spacial score (nSPS) is 23.1. The van der Waals surface area contributed by atoms with E-state index in [0.717, 1.165) is 12.8 Å². The molecule has 1 fully saturated rings. The standard InChI is InChI=1S/C12H13Cl2FN2O/c13-9-4-8(5-10(14)11(9)15)17-12(18)6-1-2-7(16)3-6/h4-7H,1-3,16H2,(H,17,18). The van der Waals surface area contributed by atoms with E-state index in [1.165, 1.54) is 12.1 Å². The molecule has 3 nitrogen and oxygen atoms in total. The monoisotopic (exact) mass is 290 g/mol. The van der Waals surface area contributed by atoms with Crippen molar-refractivity contribution in [2.75, 3.05) is 5.32 Å². The van der Waals surface area contributed by atoms with Crippen LogP contribution in [0.3, 0.4) is 0 Å². The summed E-state index contributed by atoms with van der Waals surface area (Å²) < 4.78 is 13.2. The molecule has 2 atom stereocenters. The number of amides is 1. The molecular weight excluding hydrogens is 278 g/mol. The molecule has 1 aromatic carbocycles. The Hall–Kier alpha value is -0.840. The van der Waals surface area contributed by atoms with Gasteiger partial charge in [-0.3, -0.25) is 4.79 Å². The zero-order valence-corrected chi connectivity index (χ0v) is 11.1. The summed E-state index contributed by atoms with van der Waals surface area (Å²) in [5.41, 5.74) is 6.15. The van der Waals surface area contributed by atoms with E-state index >= 15 is 0 Å². The molecule has 98 valence electrons. The van der Waals surface area contributed by atoms with Crippen LogP contribution in [0.5, 0.6) is 0 Å². The van der Waals surface area contributed by atoms with E-state index in [-0.39, 0.29) is 27.9 Å². The van der Waals surface area contributed by atoms with Crippen LogP contribution in [0.2, 0.25) is 10.0 Å². The van der Waals surface area contributed by atoms with Crippen molar-refractivity contribution in [1.82, 2.24) is 0 Å². The second-order valence-corrected chi connectivity index (χ2v) is 5.33. The number of carbonyl (C=O) groups excluding carboxylic acids is 1. The number of hydrogen-bond acceptors (Lipinski definition) is 2. The summed E-state index contributed by atoms with van der Waals surface area (Å²) in [5.74, 6) is -0.900. The fourth-order valence-electron chi connectivity index (χ4n) is 2.13. The number of benzene rings is 1. The molecule has 0 aromatic heterocycles. The molecule has 1 aromatic rings. The third-order valence-corrected chi connectivity index (χ3v) is 3.65. The van der Waals surface area contributed by atoms with Crippen molar-refractivity contribution in [3.63, 3.8) is 0 Å². The molecule has 6 heteroatoms. The van der Waals surface area contributed by atoms with Crippen LogP contribution in [-0.4, -0.2) is 11.9 Å². The van der Waals surface area contributed by atoms with Gasteiger partial charge in [-0.1, -0.05) is 23.2 Å². The van der Waals surface area contributed by atoms with Crippen molar-refractivity contribution < 1.29 is 9.18 Å². The van der Waals surface area contributed by atoms with Gasteiger partial charge in [-0.15, -0.1) is 0 Å². The van der Waals surface area contributed by atoms with Gasteiger partial charge in [-0.2, -0.15) is 0 Å². The quantitative estimate of drug-likeness (QED) is 0.822. The fraction of sp³-hybridized carbons (Fsp3) is 0.417. The minimum absolute atomic E-state index is 0.0844. The van der Waals surface area contributed by atoms with Crippen LogP contribution in [0.4, 0.5) is 10.1 Å². The lowest BCUT2D eigenvalue weighted by atomic mass is 10.1. The number of anilines is 1. The highest BCUT2D eigenvalue weighted by Crippen LogP contribution is 2.29. The highest BCUT2D eigenvalue weighted by Gasteiger charge is 2.27. The molecule has 1 saturated carbocycles. The number of rotatable bonds is 2.